The van der Waals surface area contributed by atoms with Crippen molar-refractivity contribution < 1.29 is 24.3 Å². The highest BCUT2D eigenvalue weighted by Crippen LogP contribution is 2.28. The van der Waals surface area contributed by atoms with Crippen LogP contribution in [0.15, 0.2) is 48.5 Å². The Hall–Kier alpha value is -3.68. The number of nitrogens with zero attached hydrogens (tertiary/aromatic N) is 1. The molecule has 3 N–H and O–H groups in total. The predicted octanol–water partition coefficient (Wildman–Crippen LogP) is 1.78. The van der Waals surface area contributed by atoms with Gasteiger partial charge in [-0.15, -0.1) is 0 Å². The lowest BCUT2D eigenvalue weighted by Crippen LogP contribution is -2.43. The predicted molar refractivity (Wildman–Crippen MR) is 104 cm³/mol. The van der Waals surface area contributed by atoms with Gasteiger partial charge >= 0.3 is 12.0 Å². The summed E-state index contributed by atoms with van der Waals surface area (Å²) in [5, 5.41) is 14.2. The molecule has 1 heterocycles. The first-order valence-electron chi connectivity index (χ1n) is 9.01. The molecule has 0 spiro atoms. The molecule has 0 bridgehead atoms. The Balaban J connectivity index is 1.62. The van der Waals surface area contributed by atoms with Crippen LogP contribution in [0.1, 0.15) is 34.0 Å². The Labute approximate surface area is 167 Å². The van der Waals surface area contributed by atoms with Crippen molar-refractivity contribution in [2.24, 2.45) is 0 Å². The lowest BCUT2D eigenvalue weighted by atomic mass is 9.91. The maximum absolute atomic E-state index is 12.8. The Morgan fingerprint density at radius 1 is 1.07 bits per heavy atom. The van der Waals surface area contributed by atoms with Crippen molar-refractivity contribution in [1.29, 1.82) is 0 Å². The van der Waals surface area contributed by atoms with E-state index in [1.54, 1.807) is 31.2 Å². The summed E-state index contributed by atoms with van der Waals surface area (Å²) in [6.45, 7) is 3.28. The van der Waals surface area contributed by atoms with Crippen molar-refractivity contribution in [1.82, 2.24) is 15.5 Å². The maximum atomic E-state index is 12.8. The zero-order valence-corrected chi connectivity index (χ0v) is 16.1. The first-order chi connectivity index (χ1) is 13.7. The minimum atomic E-state index is -1.22. The molecular weight excluding hydrogens is 374 g/mol. The number of carboxylic acids is 1. The molecule has 3 rings (SSSR count). The zero-order valence-electron chi connectivity index (χ0n) is 16.1. The number of urea groups is 1. The second kappa shape index (κ2) is 7.75. The summed E-state index contributed by atoms with van der Waals surface area (Å²) >= 11 is 0. The van der Waals surface area contributed by atoms with E-state index in [0.29, 0.717) is 11.1 Å². The van der Waals surface area contributed by atoms with Crippen LogP contribution in [-0.2, 0) is 21.7 Å². The Morgan fingerprint density at radius 3 is 2.28 bits per heavy atom. The fraction of sp³-hybridized carbons (Fsp3) is 0.238. The van der Waals surface area contributed by atoms with E-state index in [9.17, 15) is 19.2 Å². The monoisotopic (exact) mass is 395 g/mol. The van der Waals surface area contributed by atoms with Crippen LogP contribution in [-0.4, -0.2) is 40.4 Å². The normalized spacial score (nSPS) is 18.5. The minimum Gasteiger partial charge on any atom is -0.478 e. The number of amides is 4. The van der Waals surface area contributed by atoms with E-state index in [2.05, 4.69) is 10.6 Å². The highest BCUT2D eigenvalue weighted by Gasteiger charge is 2.49. The van der Waals surface area contributed by atoms with Crippen molar-refractivity contribution >= 4 is 23.8 Å². The third-order valence-electron chi connectivity index (χ3n) is 4.90. The van der Waals surface area contributed by atoms with Gasteiger partial charge in [-0.2, -0.15) is 0 Å². The van der Waals surface area contributed by atoms with Crippen LogP contribution in [0.25, 0.3) is 0 Å². The molecule has 1 saturated heterocycles. The number of aromatic carboxylic acids is 1. The third-order valence-corrected chi connectivity index (χ3v) is 4.90. The molecule has 4 amide bonds. The molecule has 0 radical (unpaired) electrons. The van der Waals surface area contributed by atoms with Gasteiger partial charge in [-0.1, -0.05) is 42.0 Å². The zero-order chi connectivity index (χ0) is 21.2. The minimum absolute atomic E-state index is 0.148. The number of hydrogen-bond donors (Lipinski definition) is 3. The Morgan fingerprint density at radius 2 is 1.69 bits per heavy atom. The molecule has 2 aromatic rings. The summed E-state index contributed by atoms with van der Waals surface area (Å²) in [5.41, 5.74) is 1.29. The number of nitrogens with one attached hydrogen (secondary N) is 2. The highest BCUT2D eigenvalue weighted by atomic mass is 16.4. The molecule has 29 heavy (non-hydrogen) atoms. The average molecular weight is 395 g/mol. The number of carboxylic acid groups (broad SMARTS) is 1. The summed E-state index contributed by atoms with van der Waals surface area (Å²) in [6, 6.07) is 12.7. The standard InChI is InChI=1S/C21H21N3O5/c1-13-3-9-16(10-4-13)21(2)19(28)24(20(29)23-21)12-17(25)22-11-14-5-7-15(8-6-14)18(26)27/h3-10H,11-12H2,1-2H3,(H,22,25)(H,23,29)(H,26,27)/t21-/m0/s1. The van der Waals surface area contributed by atoms with Gasteiger partial charge in [0.1, 0.15) is 12.1 Å². The molecule has 2 aromatic carbocycles. The number of imide groups is 1. The smallest absolute Gasteiger partial charge is 0.335 e. The molecule has 0 aliphatic carbocycles. The third kappa shape index (κ3) is 4.11. The first-order valence-corrected chi connectivity index (χ1v) is 9.01. The van der Waals surface area contributed by atoms with Crippen LogP contribution < -0.4 is 10.6 Å². The van der Waals surface area contributed by atoms with E-state index in [-0.39, 0.29) is 12.1 Å². The Bertz CT molecular complexity index is 969. The van der Waals surface area contributed by atoms with Gasteiger partial charge in [0, 0.05) is 6.54 Å². The molecule has 0 saturated carbocycles. The highest BCUT2D eigenvalue weighted by molar-refractivity contribution is 6.09. The lowest BCUT2D eigenvalue weighted by molar-refractivity contribution is -0.134. The van der Waals surface area contributed by atoms with Crippen molar-refractivity contribution in [2.75, 3.05) is 6.54 Å². The summed E-state index contributed by atoms with van der Waals surface area (Å²) in [7, 11) is 0. The molecule has 1 aliphatic rings. The number of aryl methyl sites for hydroxylation is 1. The summed E-state index contributed by atoms with van der Waals surface area (Å²) in [6.07, 6.45) is 0. The number of hydrogen-bond acceptors (Lipinski definition) is 4. The van der Waals surface area contributed by atoms with Gasteiger partial charge in [-0.25, -0.2) is 9.59 Å². The summed E-state index contributed by atoms with van der Waals surface area (Å²) < 4.78 is 0. The van der Waals surface area contributed by atoms with E-state index in [1.165, 1.54) is 12.1 Å². The number of benzene rings is 2. The van der Waals surface area contributed by atoms with Crippen LogP contribution in [0.4, 0.5) is 4.79 Å². The van der Waals surface area contributed by atoms with Crippen LogP contribution >= 0.6 is 0 Å². The summed E-state index contributed by atoms with van der Waals surface area (Å²) in [4.78, 5) is 49.2. The number of carbonyl (C=O) groups is 4. The van der Waals surface area contributed by atoms with E-state index < -0.39 is 35.9 Å². The topological polar surface area (TPSA) is 116 Å². The van der Waals surface area contributed by atoms with Crippen molar-refractivity contribution in [3.8, 4) is 0 Å². The van der Waals surface area contributed by atoms with Crippen LogP contribution in [0, 0.1) is 6.92 Å². The first kappa shape index (κ1) is 20.1. The molecular formula is C21H21N3O5. The van der Waals surface area contributed by atoms with Crippen LogP contribution in [0.2, 0.25) is 0 Å². The van der Waals surface area contributed by atoms with E-state index in [0.717, 1.165) is 10.5 Å². The molecule has 1 fully saturated rings. The summed E-state index contributed by atoms with van der Waals surface area (Å²) in [5.74, 6) is -2.02. The second-order valence-electron chi connectivity index (χ2n) is 7.09. The molecule has 8 heteroatoms. The van der Waals surface area contributed by atoms with Crippen molar-refractivity contribution in [3.05, 3.63) is 70.8 Å². The van der Waals surface area contributed by atoms with E-state index >= 15 is 0 Å². The average Bonchev–Trinajstić information content (AvgIpc) is 2.91. The van der Waals surface area contributed by atoms with Gasteiger partial charge in [0.05, 0.1) is 5.56 Å². The van der Waals surface area contributed by atoms with Gasteiger partial charge < -0.3 is 15.7 Å². The van der Waals surface area contributed by atoms with E-state index in [4.69, 9.17) is 5.11 Å². The van der Waals surface area contributed by atoms with E-state index in [1.807, 2.05) is 19.1 Å². The molecule has 1 atom stereocenters. The number of rotatable bonds is 6. The fourth-order valence-electron chi connectivity index (χ4n) is 3.09. The lowest BCUT2D eigenvalue weighted by Gasteiger charge is -2.22. The molecule has 150 valence electrons. The molecule has 8 nitrogen and oxygen atoms in total. The van der Waals surface area contributed by atoms with Crippen LogP contribution in [0.5, 0.6) is 0 Å². The fourth-order valence-corrected chi connectivity index (χ4v) is 3.09. The van der Waals surface area contributed by atoms with Crippen molar-refractivity contribution in [3.63, 3.8) is 0 Å². The quantitative estimate of drug-likeness (QED) is 0.645. The van der Waals surface area contributed by atoms with Crippen LogP contribution in [0.3, 0.4) is 0 Å². The second-order valence-corrected chi connectivity index (χ2v) is 7.09. The maximum Gasteiger partial charge on any atom is 0.335 e. The van der Waals surface area contributed by atoms with Gasteiger partial charge in [0.2, 0.25) is 5.91 Å². The molecule has 0 aromatic heterocycles. The number of carbonyl (C=O) groups excluding carboxylic acids is 3. The van der Waals surface area contributed by atoms with Crippen molar-refractivity contribution in [2.45, 2.75) is 25.9 Å². The van der Waals surface area contributed by atoms with Gasteiger partial charge in [-0.05, 0) is 37.1 Å². The molecule has 0 unspecified atom stereocenters. The van der Waals surface area contributed by atoms with Gasteiger partial charge in [-0.3, -0.25) is 14.5 Å². The van der Waals surface area contributed by atoms with Gasteiger partial charge in [0.25, 0.3) is 5.91 Å². The molecule has 1 aliphatic heterocycles. The Kier molecular flexibility index (Phi) is 5.36. The largest absolute Gasteiger partial charge is 0.478 e. The SMILES string of the molecule is Cc1ccc([C@]2(C)NC(=O)N(CC(=O)NCc3ccc(C(=O)O)cc3)C2=O)cc1. The van der Waals surface area contributed by atoms with Gasteiger partial charge in [0.15, 0.2) is 0 Å².